The third-order valence-corrected chi connectivity index (χ3v) is 3.53. The smallest absolute Gasteiger partial charge is 0.123 e. The molecule has 0 saturated heterocycles. The summed E-state index contributed by atoms with van der Waals surface area (Å²) in [5, 5.41) is 3.58. The zero-order valence-corrected chi connectivity index (χ0v) is 10.9. The third kappa shape index (κ3) is 3.47. The quantitative estimate of drug-likeness (QED) is 0.778. The molecule has 0 spiro atoms. The summed E-state index contributed by atoms with van der Waals surface area (Å²) in [5.74, 6) is 2.00. The molecule has 94 valence electrons. The standard InChI is InChI=1S/C15H23NO/c1-3-16-14(11-10-12-8-9-12)13-6-4-5-7-15(13)17-2/h4-7,12,14,16H,3,8-11H2,1-2H3. The van der Waals surface area contributed by atoms with Gasteiger partial charge in [0.25, 0.3) is 0 Å². The van der Waals surface area contributed by atoms with Crippen LogP contribution in [0.3, 0.4) is 0 Å². The first-order valence-electron chi connectivity index (χ1n) is 6.71. The molecule has 0 heterocycles. The van der Waals surface area contributed by atoms with Crippen molar-refractivity contribution in [1.82, 2.24) is 5.32 Å². The third-order valence-electron chi connectivity index (χ3n) is 3.53. The maximum absolute atomic E-state index is 5.46. The van der Waals surface area contributed by atoms with Gasteiger partial charge in [0.1, 0.15) is 5.75 Å². The normalized spacial score (nSPS) is 16.8. The fourth-order valence-corrected chi connectivity index (χ4v) is 2.38. The molecule has 1 fully saturated rings. The summed E-state index contributed by atoms with van der Waals surface area (Å²) in [6.45, 7) is 3.17. The average molecular weight is 233 g/mol. The van der Waals surface area contributed by atoms with Crippen molar-refractivity contribution in [2.45, 2.75) is 38.6 Å². The van der Waals surface area contributed by atoms with Crippen LogP contribution < -0.4 is 10.1 Å². The average Bonchev–Trinajstić information content (AvgIpc) is 3.18. The second-order valence-electron chi connectivity index (χ2n) is 4.87. The summed E-state index contributed by atoms with van der Waals surface area (Å²) >= 11 is 0. The Balaban J connectivity index is 2.05. The molecule has 1 saturated carbocycles. The number of hydrogen-bond donors (Lipinski definition) is 1. The van der Waals surface area contributed by atoms with Gasteiger partial charge in [-0.15, -0.1) is 0 Å². The second-order valence-corrected chi connectivity index (χ2v) is 4.87. The van der Waals surface area contributed by atoms with Crippen LogP contribution in [0.1, 0.15) is 44.2 Å². The lowest BCUT2D eigenvalue weighted by Gasteiger charge is -2.20. The molecule has 1 aliphatic rings. The Morgan fingerprint density at radius 2 is 2.12 bits per heavy atom. The van der Waals surface area contributed by atoms with Gasteiger partial charge in [-0.25, -0.2) is 0 Å². The monoisotopic (exact) mass is 233 g/mol. The van der Waals surface area contributed by atoms with Crippen molar-refractivity contribution < 1.29 is 4.74 Å². The van der Waals surface area contributed by atoms with Gasteiger partial charge in [0.2, 0.25) is 0 Å². The van der Waals surface area contributed by atoms with E-state index in [1.165, 1.54) is 31.2 Å². The fourth-order valence-electron chi connectivity index (χ4n) is 2.38. The molecule has 1 aliphatic carbocycles. The fraction of sp³-hybridized carbons (Fsp3) is 0.600. The van der Waals surface area contributed by atoms with Gasteiger partial charge < -0.3 is 10.1 Å². The van der Waals surface area contributed by atoms with Gasteiger partial charge in [0.05, 0.1) is 7.11 Å². The number of rotatable bonds is 7. The second kappa shape index (κ2) is 6.06. The number of benzene rings is 1. The van der Waals surface area contributed by atoms with E-state index in [1.54, 1.807) is 7.11 Å². The summed E-state index contributed by atoms with van der Waals surface area (Å²) in [4.78, 5) is 0. The molecule has 2 heteroatoms. The van der Waals surface area contributed by atoms with Crippen molar-refractivity contribution in [2.75, 3.05) is 13.7 Å². The number of nitrogens with one attached hydrogen (secondary N) is 1. The molecule has 0 aliphatic heterocycles. The molecule has 0 radical (unpaired) electrons. The predicted molar refractivity (Wildman–Crippen MR) is 71.4 cm³/mol. The molecule has 1 aromatic rings. The largest absolute Gasteiger partial charge is 0.496 e. The van der Waals surface area contributed by atoms with Crippen molar-refractivity contribution in [3.05, 3.63) is 29.8 Å². The molecule has 1 aromatic carbocycles. The van der Waals surface area contributed by atoms with Crippen LogP contribution in [-0.2, 0) is 0 Å². The van der Waals surface area contributed by atoms with Crippen molar-refractivity contribution in [3.63, 3.8) is 0 Å². The highest BCUT2D eigenvalue weighted by Gasteiger charge is 2.23. The van der Waals surface area contributed by atoms with Crippen molar-refractivity contribution in [3.8, 4) is 5.75 Å². The Morgan fingerprint density at radius 1 is 1.35 bits per heavy atom. The van der Waals surface area contributed by atoms with E-state index in [0.29, 0.717) is 6.04 Å². The lowest BCUT2D eigenvalue weighted by atomic mass is 9.99. The van der Waals surface area contributed by atoms with Gasteiger partial charge in [-0.2, -0.15) is 0 Å². The van der Waals surface area contributed by atoms with E-state index in [-0.39, 0.29) is 0 Å². The highest BCUT2D eigenvalue weighted by Crippen LogP contribution is 2.37. The molecular weight excluding hydrogens is 210 g/mol. The van der Waals surface area contributed by atoms with Crippen molar-refractivity contribution in [1.29, 1.82) is 0 Å². The van der Waals surface area contributed by atoms with Crippen LogP contribution in [0.2, 0.25) is 0 Å². The van der Waals surface area contributed by atoms with Gasteiger partial charge >= 0.3 is 0 Å². The Morgan fingerprint density at radius 3 is 2.76 bits per heavy atom. The van der Waals surface area contributed by atoms with Crippen LogP contribution in [0.15, 0.2) is 24.3 Å². The van der Waals surface area contributed by atoms with E-state index < -0.39 is 0 Å². The molecule has 0 bridgehead atoms. The Hall–Kier alpha value is -1.02. The summed E-state index contributed by atoms with van der Waals surface area (Å²) in [6, 6.07) is 8.80. The molecular formula is C15H23NO. The SMILES string of the molecule is CCNC(CCC1CC1)c1ccccc1OC. The van der Waals surface area contributed by atoms with Crippen molar-refractivity contribution in [2.24, 2.45) is 5.92 Å². The van der Waals surface area contributed by atoms with Crippen LogP contribution in [0.4, 0.5) is 0 Å². The molecule has 1 unspecified atom stereocenters. The van der Waals surface area contributed by atoms with E-state index in [9.17, 15) is 0 Å². The topological polar surface area (TPSA) is 21.3 Å². The molecule has 1 atom stereocenters. The predicted octanol–water partition coefficient (Wildman–Crippen LogP) is 3.54. The zero-order chi connectivity index (χ0) is 12.1. The number of methoxy groups -OCH3 is 1. The number of hydrogen-bond acceptors (Lipinski definition) is 2. The zero-order valence-electron chi connectivity index (χ0n) is 10.9. The molecule has 2 rings (SSSR count). The summed E-state index contributed by atoms with van der Waals surface area (Å²) < 4.78 is 5.46. The first-order valence-corrected chi connectivity index (χ1v) is 6.71. The minimum absolute atomic E-state index is 0.441. The van der Waals surface area contributed by atoms with E-state index >= 15 is 0 Å². The highest BCUT2D eigenvalue weighted by molar-refractivity contribution is 5.35. The van der Waals surface area contributed by atoms with Gasteiger partial charge in [0.15, 0.2) is 0 Å². The first-order chi connectivity index (χ1) is 8.35. The van der Waals surface area contributed by atoms with E-state index in [4.69, 9.17) is 4.74 Å². The van der Waals surface area contributed by atoms with Crippen molar-refractivity contribution >= 4 is 0 Å². The van der Waals surface area contributed by atoms with Crippen LogP contribution in [0, 0.1) is 5.92 Å². The van der Waals surface area contributed by atoms with E-state index in [0.717, 1.165) is 18.2 Å². The van der Waals surface area contributed by atoms with Gasteiger partial charge in [-0.1, -0.05) is 38.0 Å². The number of ether oxygens (including phenoxy) is 1. The molecule has 0 aromatic heterocycles. The molecule has 17 heavy (non-hydrogen) atoms. The minimum atomic E-state index is 0.441. The van der Waals surface area contributed by atoms with Gasteiger partial charge in [0, 0.05) is 11.6 Å². The summed E-state index contributed by atoms with van der Waals surface area (Å²) in [5.41, 5.74) is 1.30. The van der Waals surface area contributed by atoms with E-state index in [2.05, 4.69) is 30.4 Å². The van der Waals surface area contributed by atoms with Crippen LogP contribution in [-0.4, -0.2) is 13.7 Å². The van der Waals surface area contributed by atoms with Gasteiger partial charge in [-0.05, 0) is 31.4 Å². The minimum Gasteiger partial charge on any atom is -0.496 e. The number of para-hydroxylation sites is 1. The molecule has 0 amide bonds. The molecule has 1 N–H and O–H groups in total. The molecule has 2 nitrogen and oxygen atoms in total. The Labute approximate surface area is 104 Å². The Kier molecular flexibility index (Phi) is 4.43. The maximum atomic E-state index is 5.46. The maximum Gasteiger partial charge on any atom is 0.123 e. The lowest BCUT2D eigenvalue weighted by Crippen LogP contribution is -2.21. The Bertz CT molecular complexity index is 347. The van der Waals surface area contributed by atoms with Crippen LogP contribution in [0.5, 0.6) is 5.75 Å². The summed E-state index contributed by atoms with van der Waals surface area (Å²) in [6.07, 6.45) is 5.43. The van der Waals surface area contributed by atoms with E-state index in [1.807, 2.05) is 6.07 Å². The first kappa shape index (κ1) is 12.4. The van der Waals surface area contributed by atoms with Crippen LogP contribution >= 0.6 is 0 Å². The van der Waals surface area contributed by atoms with Gasteiger partial charge in [-0.3, -0.25) is 0 Å². The van der Waals surface area contributed by atoms with Crippen LogP contribution in [0.25, 0.3) is 0 Å². The summed E-state index contributed by atoms with van der Waals surface area (Å²) in [7, 11) is 1.75. The lowest BCUT2D eigenvalue weighted by molar-refractivity contribution is 0.393. The highest BCUT2D eigenvalue weighted by atomic mass is 16.5.